The van der Waals surface area contributed by atoms with E-state index in [2.05, 4.69) is 4.98 Å². The third-order valence-corrected chi connectivity index (χ3v) is 8.16. The van der Waals surface area contributed by atoms with Crippen molar-refractivity contribution in [1.29, 1.82) is 0 Å². The van der Waals surface area contributed by atoms with Gasteiger partial charge < -0.3 is 9.84 Å². The third kappa shape index (κ3) is 6.15. The highest BCUT2D eigenvalue weighted by Gasteiger charge is 2.28. The van der Waals surface area contributed by atoms with Crippen molar-refractivity contribution < 1.29 is 28.6 Å². The maximum absolute atomic E-state index is 13.5. The van der Waals surface area contributed by atoms with E-state index in [1.165, 1.54) is 16.2 Å². The van der Waals surface area contributed by atoms with Crippen LogP contribution in [0.5, 0.6) is 5.75 Å². The van der Waals surface area contributed by atoms with Crippen LogP contribution in [0, 0.1) is 5.92 Å². The number of hydrogen-bond acceptors (Lipinski definition) is 7. The van der Waals surface area contributed by atoms with E-state index in [0.717, 1.165) is 22.3 Å². The standard InChI is InChI=1S/C31H29FN4O5S/c1-35-27(37)11-8-20-13-22(16-33-29(20)35)24-10-9-23(41-18-32)15-25(24)26-17-42-31(34-26)36(2)30(40)21(14-28(38)39)12-19-6-4-3-5-7-19/h3-7,9-10,13,15-17,21H,8,11-12,14,18H2,1-2H3,(H,38,39)/t21-/m1/s1. The number of benzene rings is 2. The molecule has 2 aromatic heterocycles. The smallest absolute Gasteiger partial charge is 0.304 e. The number of ether oxygens (including phenoxy) is 1. The van der Waals surface area contributed by atoms with Crippen LogP contribution in [-0.4, -0.2) is 53.8 Å². The summed E-state index contributed by atoms with van der Waals surface area (Å²) in [6.07, 6.45) is 2.63. The van der Waals surface area contributed by atoms with Gasteiger partial charge in [-0.25, -0.2) is 14.4 Å². The van der Waals surface area contributed by atoms with Gasteiger partial charge in [0.2, 0.25) is 18.7 Å². The summed E-state index contributed by atoms with van der Waals surface area (Å²) in [5.41, 5.74) is 4.57. The molecule has 0 unspecified atom stereocenters. The largest absolute Gasteiger partial charge is 0.481 e. The molecule has 42 heavy (non-hydrogen) atoms. The number of fused-ring (bicyclic) bond motifs is 1. The van der Waals surface area contributed by atoms with Crippen molar-refractivity contribution in [1.82, 2.24) is 9.97 Å². The Balaban J connectivity index is 1.47. The lowest BCUT2D eigenvalue weighted by Gasteiger charge is -2.25. The van der Waals surface area contributed by atoms with Crippen molar-refractivity contribution in [3.05, 3.63) is 77.3 Å². The lowest BCUT2D eigenvalue weighted by atomic mass is 9.95. The minimum atomic E-state index is -1.05. The summed E-state index contributed by atoms with van der Waals surface area (Å²) in [5.74, 6) is -1.23. The fourth-order valence-electron chi connectivity index (χ4n) is 5.07. The Morgan fingerprint density at radius 3 is 2.67 bits per heavy atom. The zero-order chi connectivity index (χ0) is 29.8. The zero-order valence-corrected chi connectivity index (χ0v) is 23.9. The number of anilines is 2. The average molecular weight is 589 g/mol. The molecule has 11 heteroatoms. The Labute approximate surface area is 246 Å². The lowest BCUT2D eigenvalue weighted by molar-refractivity contribution is -0.140. The van der Waals surface area contributed by atoms with Crippen LogP contribution >= 0.6 is 11.3 Å². The van der Waals surface area contributed by atoms with Crippen molar-refractivity contribution in [2.75, 3.05) is 30.8 Å². The second-order valence-corrected chi connectivity index (χ2v) is 10.9. The number of aryl methyl sites for hydroxylation is 1. The van der Waals surface area contributed by atoms with Crippen molar-refractivity contribution in [3.8, 4) is 28.1 Å². The number of alkyl halides is 1. The number of amides is 2. The monoisotopic (exact) mass is 588 g/mol. The molecule has 4 aromatic rings. The molecule has 0 aliphatic carbocycles. The Morgan fingerprint density at radius 1 is 1.14 bits per heavy atom. The number of rotatable bonds is 10. The molecule has 0 saturated carbocycles. The number of carboxylic acids is 1. The van der Waals surface area contributed by atoms with Gasteiger partial charge in [0.1, 0.15) is 11.6 Å². The summed E-state index contributed by atoms with van der Waals surface area (Å²) in [4.78, 5) is 49.4. The number of carboxylic acid groups (broad SMARTS) is 1. The van der Waals surface area contributed by atoms with Crippen LogP contribution in [-0.2, 0) is 27.2 Å². The summed E-state index contributed by atoms with van der Waals surface area (Å²) in [7, 11) is 3.29. The van der Waals surface area contributed by atoms with E-state index >= 15 is 0 Å². The fourth-order valence-corrected chi connectivity index (χ4v) is 5.87. The molecule has 5 rings (SSSR count). The van der Waals surface area contributed by atoms with E-state index < -0.39 is 18.7 Å². The first-order valence-electron chi connectivity index (χ1n) is 13.3. The van der Waals surface area contributed by atoms with Crippen molar-refractivity contribution >= 4 is 40.1 Å². The minimum absolute atomic E-state index is 0.0131. The van der Waals surface area contributed by atoms with E-state index in [1.54, 1.807) is 48.8 Å². The topological polar surface area (TPSA) is 113 Å². The average Bonchev–Trinajstić information content (AvgIpc) is 3.49. The molecule has 0 spiro atoms. The van der Waals surface area contributed by atoms with Gasteiger partial charge in [0, 0.05) is 43.2 Å². The zero-order valence-electron chi connectivity index (χ0n) is 23.1. The number of hydrogen-bond donors (Lipinski definition) is 1. The maximum atomic E-state index is 13.5. The normalized spacial score (nSPS) is 13.4. The molecule has 0 saturated heterocycles. The maximum Gasteiger partial charge on any atom is 0.304 e. The van der Waals surface area contributed by atoms with Crippen molar-refractivity contribution in [3.63, 3.8) is 0 Å². The molecule has 216 valence electrons. The number of carbonyl (C=O) groups excluding carboxylic acids is 2. The molecule has 2 amide bonds. The number of pyridine rings is 1. The summed E-state index contributed by atoms with van der Waals surface area (Å²) in [5, 5.41) is 11.7. The van der Waals surface area contributed by atoms with Crippen molar-refractivity contribution in [2.24, 2.45) is 5.92 Å². The Kier molecular flexibility index (Phi) is 8.58. The van der Waals surface area contributed by atoms with Crippen LogP contribution in [0.1, 0.15) is 24.0 Å². The number of aliphatic carboxylic acids is 1. The summed E-state index contributed by atoms with van der Waals surface area (Å²) >= 11 is 1.24. The summed E-state index contributed by atoms with van der Waals surface area (Å²) in [6.45, 7) is -0.995. The molecule has 1 N–H and O–H groups in total. The molecule has 0 bridgehead atoms. The van der Waals surface area contributed by atoms with Gasteiger partial charge in [-0.1, -0.05) is 30.3 Å². The molecule has 1 aliphatic rings. The molecular formula is C31H29FN4O5S. The van der Waals surface area contributed by atoms with Crippen LogP contribution in [0.15, 0.2) is 66.2 Å². The Bertz CT molecular complexity index is 1630. The predicted octanol–water partition coefficient (Wildman–Crippen LogP) is 5.38. The van der Waals surface area contributed by atoms with Gasteiger partial charge in [-0.05, 0) is 53.8 Å². The van der Waals surface area contributed by atoms with Gasteiger partial charge in [0.05, 0.1) is 18.0 Å². The van der Waals surface area contributed by atoms with Crippen LogP contribution in [0.2, 0.25) is 0 Å². The Hall–Kier alpha value is -4.64. The number of thiazole rings is 1. The van der Waals surface area contributed by atoms with Gasteiger partial charge in [-0.2, -0.15) is 0 Å². The SMILES string of the molecule is CN(C(=O)[C@@H](CC(=O)O)Cc1ccccc1)c1nc(-c2cc(OCF)ccc2-c2cnc3c(c2)CCC(=O)N3C)cs1. The van der Waals surface area contributed by atoms with Crippen LogP contribution in [0.4, 0.5) is 15.3 Å². The van der Waals surface area contributed by atoms with Gasteiger partial charge >= 0.3 is 5.97 Å². The highest BCUT2D eigenvalue weighted by atomic mass is 32.1. The number of nitrogens with zero attached hydrogens (tertiary/aromatic N) is 4. The first-order chi connectivity index (χ1) is 20.2. The lowest BCUT2D eigenvalue weighted by Crippen LogP contribution is -2.35. The second kappa shape index (κ2) is 12.5. The first-order valence-corrected chi connectivity index (χ1v) is 14.2. The van der Waals surface area contributed by atoms with E-state index in [1.807, 2.05) is 36.4 Å². The quantitative estimate of drug-likeness (QED) is 0.265. The Morgan fingerprint density at radius 2 is 1.93 bits per heavy atom. The van der Waals surface area contributed by atoms with E-state index in [0.29, 0.717) is 40.8 Å². The number of aromatic nitrogens is 2. The molecule has 0 fully saturated rings. The van der Waals surface area contributed by atoms with Gasteiger partial charge in [0.25, 0.3) is 0 Å². The molecule has 2 aromatic carbocycles. The van der Waals surface area contributed by atoms with Crippen molar-refractivity contribution in [2.45, 2.75) is 25.7 Å². The second-order valence-electron chi connectivity index (χ2n) is 10.0. The van der Waals surface area contributed by atoms with E-state index in [4.69, 9.17) is 9.72 Å². The predicted molar refractivity (Wildman–Crippen MR) is 158 cm³/mol. The van der Waals surface area contributed by atoms with Gasteiger partial charge in [-0.3, -0.25) is 24.2 Å². The van der Waals surface area contributed by atoms with Gasteiger partial charge in [0.15, 0.2) is 5.13 Å². The van der Waals surface area contributed by atoms with E-state index in [9.17, 15) is 23.9 Å². The molecular weight excluding hydrogens is 559 g/mol. The molecule has 3 heterocycles. The number of halogens is 1. The molecule has 0 radical (unpaired) electrons. The van der Waals surface area contributed by atoms with E-state index in [-0.39, 0.29) is 24.7 Å². The third-order valence-electron chi connectivity index (χ3n) is 7.25. The first kappa shape index (κ1) is 28.9. The number of carbonyl (C=O) groups is 3. The van der Waals surface area contributed by atoms with Crippen LogP contribution < -0.4 is 14.5 Å². The summed E-state index contributed by atoms with van der Waals surface area (Å²) < 4.78 is 18.2. The molecule has 9 nitrogen and oxygen atoms in total. The molecule has 1 atom stereocenters. The highest BCUT2D eigenvalue weighted by molar-refractivity contribution is 7.14. The molecule has 1 aliphatic heterocycles. The van der Waals surface area contributed by atoms with Crippen LogP contribution in [0.25, 0.3) is 22.4 Å². The fraction of sp³-hybridized carbons (Fsp3) is 0.258. The van der Waals surface area contributed by atoms with Crippen LogP contribution in [0.3, 0.4) is 0 Å². The highest BCUT2D eigenvalue weighted by Crippen LogP contribution is 2.39. The van der Waals surface area contributed by atoms with Gasteiger partial charge in [-0.15, -0.1) is 11.3 Å². The minimum Gasteiger partial charge on any atom is -0.481 e. The summed E-state index contributed by atoms with van der Waals surface area (Å²) in [6, 6.07) is 16.4.